The third-order valence-corrected chi connectivity index (χ3v) is 4.06. The molecule has 2 aromatic rings. The molecular formula is C19H25IN4O3. The summed E-state index contributed by atoms with van der Waals surface area (Å²) >= 11 is 0. The van der Waals surface area contributed by atoms with Crippen molar-refractivity contribution in [1.29, 1.82) is 0 Å². The number of hydrogen-bond acceptors (Lipinski definition) is 5. The number of guanidine groups is 1. The molecule has 1 saturated carbocycles. The van der Waals surface area contributed by atoms with E-state index in [4.69, 9.17) is 19.9 Å². The van der Waals surface area contributed by atoms with Gasteiger partial charge in [-0.3, -0.25) is 0 Å². The first-order chi connectivity index (χ1) is 12.7. The molecule has 0 radical (unpaired) electrons. The van der Waals surface area contributed by atoms with Crippen LogP contribution in [0.5, 0.6) is 17.4 Å². The van der Waals surface area contributed by atoms with Crippen LogP contribution in [0.25, 0.3) is 0 Å². The second kappa shape index (κ2) is 10.2. The van der Waals surface area contributed by atoms with Crippen LogP contribution in [0.3, 0.4) is 0 Å². The third kappa shape index (κ3) is 6.46. The predicted octanol–water partition coefficient (Wildman–Crippen LogP) is 3.43. The lowest BCUT2D eigenvalue weighted by molar-refractivity contribution is 0.288. The lowest BCUT2D eigenvalue weighted by Crippen LogP contribution is -2.23. The SMILES string of the molecule is COc1ccc(OC)c(NC(N)=NCc2ccnc(OCC3CC3)c2)c1.I. The molecule has 1 aromatic heterocycles. The summed E-state index contributed by atoms with van der Waals surface area (Å²) in [5.74, 6) is 2.96. The molecular weight excluding hydrogens is 459 g/mol. The Bertz CT molecular complexity index is 781. The first kappa shape index (κ1) is 21.1. The van der Waals surface area contributed by atoms with Crippen LogP contribution in [0.1, 0.15) is 18.4 Å². The minimum Gasteiger partial charge on any atom is -0.497 e. The second-order valence-corrected chi connectivity index (χ2v) is 6.15. The lowest BCUT2D eigenvalue weighted by atomic mass is 10.2. The van der Waals surface area contributed by atoms with E-state index in [-0.39, 0.29) is 29.9 Å². The van der Waals surface area contributed by atoms with Crippen LogP contribution in [0, 0.1) is 5.92 Å². The van der Waals surface area contributed by atoms with Crippen molar-refractivity contribution in [2.75, 3.05) is 26.1 Å². The molecule has 0 unspecified atom stereocenters. The molecule has 27 heavy (non-hydrogen) atoms. The molecule has 0 saturated heterocycles. The van der Waals surface area contributed by atoms with Gasteiger partial charge in [0.1, 0.15) is 11.5 Å². The fourth-order valence-electron chi connectivity index (χ4n) is 2.38. The van der Waals surface area contributed by atoms with Gasteiger partial charge in [-0.05, 0) is 42.5 Å². The van der Waals surface area contributed by atoms with E-state index >= 15 is 0 Å². The van der Waals surface area contributed by atoms with Crippen molar-refractivity contribution in [3.63, 3.8) is 0 Å². The lowest BCUT2D eigenvalue weighted by Gasteiger charge is -2.12. The van der Waals surface area contributed by atoms with Crippen LogP contribution in [0.2, 0.25) is 0 Å². The maximum atomic E-state index is 6.01. The molecule has 146 valence electrons. The molecule has 1 fully saturated rings. The molecule has 1 aliphatic rings. The Morgan fingerprint density at radius 3 is 2.74 bits per heavy atom. The molecule has 0 aliphatic heterocycles. The second-order valence-electron chi connectivity index (χ2n) is 6.15. The average Bonchev–Trinajstić information content (AvgIpc) is 3.49. The summed E-state index contributed by atoms with van der Waals surface area (Å²) in [7, 11) is 3.20. The summed E-state index contributed by atoms with van der Waals surface area (Å²) in [6.45, 7) is 1.16. The number of aliphatic imine (C=N–C) groups is 1. The van der Waals surface area contributed by atoms with Crippen molar-refractivity contribution in [2.45, 2.75) is 19.4 Å². The standard InChI is InChI=1S/C19H24N4O3.HI/c1-24-15-5-6-17(25-2)16(10-15)23-19(20)22-11-14-7-8-21-18(9-14)26-12-13-3-4-13;/h5-10,13H,3-4,11-12H2,1-2H3,(H3,20,22,23);1H. The Balaban J connectivity index is 0.00000261. The maximum Gasteiger partial charge on any atom is 0.213 e. The fraction of sp³-hybridized carbons (Fsp3) is 0.368. The number of ether oxygens (including phenoxy) is 3. The van der Waals surface area contributed by atoms with Gasteiger partial charge in [-0.15, -0.1) is 24.0 Å². The van der Waals surface area contributed by atoms with Crippen molar-refractivity contribution in [1.82, 2.24) is 4.98 Å². The first-order valence-corrected chi connectivity index (χ1v) is 8.54. The zero-order valence-electron chi connectivity index (χ0n) is 15.5. The summed E-state index contributed by atoms with van der Waals surface area (Å²) in [6.07, 6.45) is 4.22. The minimum absolute atomic E-state index is 0. The van der Waals surface area contributed by atoms with Gasteiger partial charge in [0.05, 0.1) is 33.1 Å². The third-order valence-electron chi connectivity index (χ3n) is 4.06. The van der Waals surface area contributed by atoms with E-state index in [0.717, 1.165) is 12.2 Å². The van der Waals surface area contributed by atoms with Gasteiger partial charge in [0.2, 0.25) is 5.88 Å². The molecule has 0 atom stereocenters. The number of halogens is 1. The number of methoxy groups -OCH3 is 2. The number of pyridine rings is 1. The number of aromatic nitrogens is 1. The Hall–Kier alpha value is -2.23. The van der Waals surface area contributed by atoms with Gasteiger partial charge in [0, 0.05) is 18.3 Å². The number of nitrogens with two attached hydrogens (primary N) is 1. The topological polar surface area (TPSA) is 91.0 Å². The van der Waals surface area contributed by atoms with Crippen LogP contribution in [-0.2, 0) is 6.54 Å². The van der Waals surface area contributed by atoms with Crippen molar-refractivity contribution in [3.05, 3.63) is 42.1 Å². The Morgan fingerprint density at radius 2 is 2.04 bits per heavy atom. The molecule has 1 aliphatic carbocycles. The molecule has 3 rings (SSSR count). The Kier molecular flexibility index (Phi) is 7.96. The van der Waals surface area contributed by atoms with Crippen molar-refractivity contribution in [3.8, 4) is 17.4 Å². The number of benzene rings is 1. The summed E-state index contributed by atoms with van der Waals surface area (Å²) in [5.41, 5.74) is 7.68. The van der Waals surface area contributed by atoms with Gasteiger partial charge in [-0.2, -0.15) is 0 Å². The van der Waals surface area contributed by atoms with E-state index in [0.29, 0.717) is 35.5 Å². The number of hydrogen-bond donors (Lipinski definition) is 2. The number of nitrogens with zero attached hydrogens (tertiary/aromatic N) is 2. The first-order valence-electron chi connectivity index (χ1n) is 8.54. The molecule has 0 amide bonds. The minimum atomic E-state index is 0. The van der Waals surface area contributed by atoms with E-state index in [1.54, 1.807) is 32.5 Å². The van der Waals surface area contributed by atoms with Crippen molar-refractivity contribution in [2.24, 2.45) is 16.6 Å². The van der Waals surface area contributed by atoms with Crippen LogP contribution >= 0.6 is 24.0 Å². The average molecular weight is 484 g/mol. The highest BCUT2D eigenvalue weighted by molar-refractivity contribution is 14.0. The molecule has 0 spiro atoms. The van der Waals surface area contributed by atoms with Crippen molar-refractivity contribution >= 4 is 35.6 Å². The van der Waals surface area contributed by atoms with Gasteiger partial charge < -0.3 is 25.3 Å². The van der Waals surface area contributed by atoms with E-state index in [9.17, 15) is 0 Å². The number of rotatable bonds is 8. The van der Waals surface area contributed by atoms with Gasteiger partial charge in [0.25, 0.3) is 0 Å². The quantitative estimate of drug-likeness (QED) is 0.339. The van der Waals surface area contributed by atoms with Gasteiger partial charge >= 0.3 is 0 Å². The molecule has 7 nitrogen and oxygen atoms in total. The van der Waals surface area contributed by atoms with Crippen LogP contribution in [0.4, 0.5) is 5.69 Å². The monoisotopic (exact) mass is 484 g/mol. The van der Waals surface area contributed by atoms with E-state index in [1.807, 2.05) is 18.2 Å². The smallest absolute Gasteiger partial charge is 0.213 e. The fourth-order valence-corrected chi connectivity index (χ4v) is 2.38. The summed E-state index contributed by atoms with van der Waals surface area (Å²) < 4.78 is 16.2. The number of nitrogens with one attached hydrogen (secondary N) is 1. The highest BCUT2D eigenvalue weighted by atomic mass is 127. The Morgan fingerprint density at radius 1 is 1.22 bits per heavy atom. The molecule has 1 heterocycles. The normalized spacial score (nSPS) is 13.5. The maximum absolute atomic E-state index is 6.01. The molecule has 1 aromatic carbocycles. The van der Waals surface area contributed by atoms with Crippen molar-refractivity contribution < 1.29 is 14.2 Å². The summed E-state index contributed by atoms with van der Waals surface area (Å²) in [5, 5.41) is 3.05. The van der Waals surface area contributed by atoms with Gasteiger partial charge in [-0.25, -0.2) is 9.98 Å². The largest absolute Gasteiger partial charge is 0.497 e. The molecule has 0 bridgehead atoms. The van der Waals surface area contributed by atoms with E-state index in [2.05, 4.69) is 15.3 Å². The van der Waals surface area contributed by atoms with Crippen LogP contribution < -0.4 is 25.3 Å². The van der Waals surface area contributed by atoms with Crippen LogP contribution in [0.15, 0.2) is 41.5 Å². The molecule has 3 N–H and O–H groups in total. The van der Waals surface area contributed by atoms with Crippen LogP contribution in [-0.4, -0.2) is 31.8 Å². The van der Waals surface area contributed by atoms with E-state index < -0.39 is 0 Å². The summed E-state index contributed by atoms with van der Waals surface area (Å²) in [6, 6.07) is 9.22. The van der Waals surface area contributed by atoms with Gasteiger partial charge in [-0.1, -0.05) is 0 Å². The predicted molar refractivity (Wildman–Crippen MR) is 116 cm³/mol. The zero-order valence-corrected chi connectivity index (χ0v) is 17.8. The molecule has 8 heteroatoms. The van der Waals surface area contributed by atoms with E-state index in [1.165, 1.54) is 12.8 Å². The van der Waals surface area contributed by atoms with Gasteiger partial charge in [0.15, 0.2) is 5.96 Å². The highest BCUT2D eigenvalue weighted by Gasteiger charge is 2.22. The summed E-state index contributed by atoms with van der Waals surface area (Å²) in [4.78, 5) is 8.60. The number of anilines is 1. The highest BCUT2D eigenvalue weighted by Crippen LogP contribution is 2.29. The Labute approximate surface area is 176 Å². The zero-order chi connectivity index (χ0) is 18.4.